The van der Waals surface area contributed by atoms with Crippen LogP contribution in [0.2, 0.25) is 0 Å². The van der Waals surface area contributed by atoms with Crippen molar-refractivity contribution in [2.45, 2.75) is 103 Å². The Hall–Kier alpha value is -2.88. The van der Waals surface area contributed by atoms with Crippen LogP contribution in [-0.4, -0.2) is 28.4 Å². The molecule has 4 heteroatoms. The van der Waals surface area contributed by atoms with Gasteiger partial charge in [-0.25, -0.2) is 0 Å². The molecule has 0 fully saturated rings. The lowest BCUT2D eigenvalue weighted by Gasteiger charge is -2.21. The quantitative estimate of drug-likeness (QED) is 0.144. The van der Waals surface area contributed by atoms with Gasteiger partial charge >= 0.3 is 5.97 Å². The summed E-state index contributed by atoms with van der Waals surface area (Å²) >= 11 is 0. The lowest BCUT2D eigenvalue weighted by Crippen LogP contribution is -2.35. The fourth-order valence-electron chi connectivity index (χ4n) is 4.55. The fourth-order valence-corrected chi connectivity index (χ4v) is 4.55. The summed E-state index contributed by atoms with van der Waals surface area (Å²) in [7, 11) is 0. The number of hydrogen-bond acceptors (Lipinski definition) is 2. The second-order valence-corrected chi connectivity index (χ2v) is 10.0. The Morgan fingerprint density at radius 2 is 1.24 bits per heavy atom. The maximum Gasteiger partial charge on any atom is 0.323 e. The van der Waals surface area contributed by atoms with E-state index in [4.69, 9.17) is 0 Å². The monoisotopic (exact) mass is 505 g/mol. The largest absolute Gasteiger partial charge is 0.480 e. The van der Waals surface area contributed by atoms with Gasteiger partial charge in [-0.05, 0) is 48.8 Å². The molecule has 0 unspecified atom stereocenters. The first-order chi connectivity index (χ1) is 18.1. The van der Waals surface area contributed by atoms with Crippen molar-refractivity contribution in [3.63, 3.8) is 0 Å². The van der Waals surface area contributed by atoms with Crippen LogP contribution >= 0.6 is 0 Å². The van der Waals surface area contributed by atoms with Gasteiger partial charge in [0, 0.05) is 13.0 Å². The number of benzene rings is 2. The van der Waals surface area contributed by atoms with Crippen molar-refractivity contribution in [2.24, 2.45) is 0 Å². The maximum absolute atomic E-state index is 12.8. The number of unbranched alkanes of at least 4 members (excludes halogenated alkanes) is 11. The highest BCUT2D eigenvalue weighted by Gasteiger charge is 2.17. The van der Waals surface area contributed by atoms with E-state index in [-0.39, 0.29) is 12.5 Å². The first kappa shape index (κ1) is 30.3. The lowest BCUT2D eigenvalue weighted by atomic mass is 10.0. The summed E-state index contributed by atoms with van der Waals surface area (Å²) < 4.78 is 0. The standard InChI is InChI=1S/C33H47NO3/c1-2-3-4-5-6-7-8-9-10-11-12-13-14-15-19-22-32(35)34(28-33(36)37)27-29-23-25-31(26-24-29)30-20-17-16-18-21-30/h9-10,16-18,20-21,23-26H,2-8,11-15,19,22,27-28H2,1H3,(H,36,37)/b10-9-. The molecule has 2 rings (SSSR count). The summed E-state index contributed by atoms with van der Waals surface area (Å²) in [6.07, 6.45) is 20.9. The zero-order chi connectivity index (χ0) is 26.6. The van der Waals surface area contributed by atoms with Crippen LogP contribution in [0.15, 0.2) is 66.7 Å². The van der Waals surface area contributed by atoms with Crippen molar-refractivity contribution in [1.29, 1.82) is 0 Å². The molecule has 0 saturated heterocycles. The van der Waals surface area contributed by atoms with E-state index in [0.29, 0.717) is 13.0 Å². The normalized spacial score (nSPS) is 11.2. The van der Waals surface area contributed by atoms with E-state index >= 15 is 0 Å². The maximum atomic E-state index is 12.8. The van der Waals surface area contributed by atoms with Gasteiger partial charge in [-0.2, -0.15) is 0 Å². The van der Waals surface area contributed by atoms with Crippen molar-refractivity contribution in [2.75, 3.05) is 6.54 Å². The number of aliphatic carboxylic acids is 1. The summed E-state index contributed by atoms with van der Waals surface area (Å²) in [5.74, 6) is -1.05. The molecule has 0 atom stereocenters. The van der Waals surface area contributed by atoms with Crippen LogP contribution < -0.4 is 0 Å². The van der Waals surface area contributed by atoms with Crippen molar-refractivity contribution < 1.29 is 14.7 Å². The minimum atomic E-state index is -0.973. The number of rotatable bonds is 20. The van der Waals surface area contributed by atoms with Crippen molar-refractivity contribution in [3.8, 4) is 11.1 Å². The van der Waals surface area contributed by atoms with Crippen LogP contribution in [-0.2, 0) is 16.1 Å². The molecule has 37 heavy (non-hydrogen) atoms. The Morgan fingerprint density at radius 1 is 0.703 bits per heavy atom. The van der Waals surface area contributed by atoms with Gasteiger partial charge in [0.05, 0.1) is 0 Å². The van der Waals surface area contributed by atoms with Gasteiger partial charge in [0.15, 0.2) is 0 Å². The second kappa shape index (κ2) is 19.3. The molecule has 0 aliphatic rings. The molecule has 202 valence electrons. The predicted octanol–water partition coefficient (Wildman–Crippen LogP) is 8.80. The van der Waals surface area contributed by atoms with Gasteiger partial charge in [0.1, 0.15) is 6.54 Å². The van der Waals surface area contributed by atoms with Gasteiger partial charge in [0.2, 0.25) is 5.91 Å². The zero-order valence-electron chi connectivity index (χ0n) is 22.9. The first-order valence-electron chi connectivity index (χ1n) is 14.4. The summed E-state index contributed by atoms with van der Waals surface area (Å²) in [4.78, 5) is 25.6. The van der Waals surface area contributed by atoms with E-state index in [1.54, 1.807) is 0 Å². The van der Waals surface area contributed by atoms with Crippen LogP contribution in [0.1, 0.15) is 102 Å². The number of allylic oxidation sites excluding steroid dienone is 2. The SMILES string of the molecule is CCCCCCCC/C=C\CCCCCCCC(=O)N(CC(=O)O)Cc1ccc(-c2ccccc2)cc1. The van der Waals surface area contributed by atoms with E-state index in [2.05, 4.69) is 31.2 Å². The Labute approximate surface area is 224 Å². The number of nitrogens with zero attached hydrogens (tertiary/aromatic N) is 1. The molecule has 2 aromatic rings. The minimum absolute atomic E-state index is 0.0767. The molecular formula is C33H47NO3. The molecule has 0 spiro atoms. The first-order valence-corrected chi connectivity index (χ1v) is 14.4. The molecule has 0 bridgehead atoms. The van der Waals surface area contributed by atoms with E-state index < -0.39 is 5.97 Å². The van der Waals surface area contributed by atoms with Gasteiger partial charge in [-0.1, -0.05) is 125 Å². The molecule has 2 aromatic carbocycles. The van der Waals surface area contributed by atoms with E-state index in [0.717, 1.165) is 42.4 Å². The van der Waals surface area contributed by atoms with E-state index in [1.807, 2.05) is 42.5 Å². The predicted molar refractivity (Wildman–Crippen MR) is 154 cm³/mol. The number of carbonyl (C=O) groups is 2. The van der Waals surface area contributed by atoms with Crippen molar-refractivity contribution in [1.82, 2.24) is 4.90 Å². The molecule has 1 amide bonds. The van der Waals surface area contributed by atoms with E-state index in [1.165, 1.54) is 62.7 Å². The fraction of sp³-hybridized carbons (Fsp3) is 0.515. The van der Waals surface area contributed by atoms with Crippen LogP contribution in [0.4, 0.5) is 0 Å². The van der Waals surface area contributed by atoms with Crippen LogP contribution in [0, 0.1) is 0 Å². The second-order valence-electron chi connectivity index (χ2n) is 10.0. The molecule has 0 saturated carbocycles. The number of carbonyl (C=O) groups excluding carboxylic acids is 1. The zero-order valence-corrected chi connectivity index (χ0v) is 22.9. The molecule has 0 heterocycles. The minimum Gasteiger partial charge on any atom is -0.480 e. The summed E-state index contributed by atoms with van der Waals surface area (Å²) in [5.41, 5.74) is 3.18. The third kappa shape index (κ3) is 13.9. The van der Waals surface area contributed by atoms with Gasteiger partial charge in [-0.3, -0.25) is 9.59 Å². The molecule has 0 aliphatic carbocycles. The molecule has 0 aliphatic heterocycles. The molecule has 4 nitrogen and oxygen atoms in total. The Kier molecular flexibility index (Phi) is 15.8. The number of carboxylic acid groups (broad SMARTS) is 1. The third-order valence-electron chi connectivity index (χ3n) is 6.77. The summed E-state index contributed by atoms with van der Waals surface area (Å²) in [6.45, 7) is 2.32. The smallest absolute Gasteiger partial charge is 0.323 e. The topological polar surface area (TPSA) is 57.6 Å². The average molecular weight is 506 g/mol. The molecule has 1 N–H and O–H groups in total. The Morgan fingerprint density at radius 3 is 1.84 bits per heavy atom. The highest BCUT2D eigenvalue weighted by atomic mass is 16.4. The molecule has 0 radical (unpaired) electrons. The highest BCUT2D eigenvalue weighted by molar-refractivity contribution is 5.81. The van der Waals surface area contributed by atoms with Gasteiger partial charge in [0.25, 0.3) is 0 Å². The lowest BCUT2D eigenvalue weighted by molar-refractivity contribution is -0.145. The number of amides is 1. The van der Waals surface area contributed by atoms with Crippen LogP contribution in [0.25, 0.3) is 11.1 Å². The van der Waals surface area contributed by atoms with Gasteiger partial charge in [-0.15, -0.1) is 0 Å². The average Bonchev–Trinajstić information content (AvgIpc) is 2.91. The molecular weight excluding hydrogens is 458 g/mol. The highest BCUT2D eigenvalue weighted by Crippen LogP contribution is 2.20. The summed E-state index contributed by atoms with van der Waals surface area (Å²) in [6, 6.07) is 18.1. The van der Waals surface area contributed by atoms with E-state index in [9.17, 15) is 14.7 Å². The Balaban J connectivity index is 1.61. The van der Waals surface area contributed by atoms with Crippen LogP contribution in [0.5, 0.6) is 0 Å². The van der Waals surface area contributed by atoms with Crippen molar-refractivity contribution >= 4 is 11.9 Å². The van der Waals surface area contributed by atoms with Crippen molar-refractivity contribution in [3.05, 3.63) is 72.3 Å². The Bertz CT molecular complexity index is 905. The molecule has 0 aromatic heterocycles. The number of hydrogen-bond donors (Lipinski definition) is 1. The number of carboxylic acids is 1. The summed E-state index contributed by atoms with van der Waals surface area (Å²) in [5, 5.41) is 9.31. The third-order valence-corrected chi connectivity index (χ3v) is 6.77. The van der Waals surface area contributed by atoms with Crippen LogP contribution in [0.3, 0.4) is 0 Å². The van der Waals surface area contributed by atoms with Gasteiger partial charge < -0.3 is 10.0 Å².